The van der Waals surface area contributed by atoms with E-state index >= 15 is 0 Å². The number of aromatic amines is 1. The van der Waals surface area contributed by atoms with Crippen LogP contribution in [0.5, 0.6) is 11.5 Å². The molecular weight excluding hydrogens is 358 g/mol. The van der Waals surface area contributed by atoms with Crippen LogP contribution in [0, 0.1) is 6.92 Å². The van der Waals surface area contributed by atoms with Crippen molar-refractivity contribution in [1.82, 2.24) is 10.3 Å². The highest BCUT2D eigenvalue weighted by molar-refractivity contribution is 6.01. The minimum Gasteiger partial charge on any atom is -0.496 e. The summed E-state index contributed by atoms with van der Waals surface area (Å²) >= 11 is 0. The van der Waals surface area contributed by atoms with Crippen molar-refractivity contribution < 1.29 is 19.1 Å². The number of fused-ring (bicyclic) bond motifs is 2. The third-order valence-electron chi connectivity index (χ3n) is 4.86. The molecule has 7 heteroatoms. The van der Waals surface area contributed by atoms with Gasteiger partial charge in [0, 0.05) is 18.5 Å². The Balaban J connectivity index is 1.46. The van der Waals surface area contributed by atoms with Gasteiger partial charge in [0.2, 0.25) is 0 Å². The lowest BCUT2D eigenvalue weighted by molar-refractivity contribution is -0.121. The smallest absolute Gasteiger partial charge is 0.267 e. The molecule has 0 bridgehead atoms. The number of nitrogens with zero attached hydrogens (tertiary/aromatic N) is 1. The zero-order valence-corrected chi connectivity index (χ0v) is 15.7. The van der Waals surface area contributed by atoms with Crippen LogP contribution < -0.4 is 19.7 Å². The van der Waals surface area contributed by atoms with Crippen molar-refractivity contribution >= 4 is 28.4 Å². The van der Waals surface area contributed by atoms with Gasteiger partial charge in [-0.2, -0.15) is 0 Å². The van der Waals surface area contributed by atoms with Gasteiger partial charge in [0.15, 0.2) is 6.61 Å². The zero-order valence-electron chi connectivity index (χ0n) is 15.7. The highest BCUT2D eigenvalue weighted by Crippen LogP contribution is 2.31. The highest BCUT2D eigenvalue weighted by atomic mass is 16.5. The Kier molecular flexibility index (Phi) is 4.65. The Bertz CT molecular complexity index is 1060. The number of aromatic nitrogens is 1. The Morgan fingerprint density at radius 1 is 1.29 bits per heavy atom. The van der Waals surface area contributed by atoms with Crippen LogP contribution in [0.2, 0.25) is 0 Å². The van der Waals surface area contributed by atoms with Crippen LogP contribution in [0.4, 0.5) is 5.69 Å². The van der Waals surface area contributed by atoms with Crippen LogP contribution in [-0.2, 0) is 4.79 Å². The van der Waals surface area contributed by atoms with Gasteiger partial charge in [-0.25, -0.2) is 0 Å². The van der Waals surface area contributed by atoms with Gasteiger partial charge in [-0.1, -0.05) is 18.2 Å². The van der Waals surface area contributed by atoms with E-state index in [2.05, 4.69) is 10.3 Å². The maximum Gasteiger partial charge on any atom is 0.267 e. The van der Waals surface area contributed by atoms with E-state index < -0.39 is 0 Å². The van der Waals surface area contributed by atoms with E-state index in [9.17, 15) is 9.59 Å². The molecule has 0 saturated carbocycles. The molecule has 2 heterocycles. The molecule has 0 saturated heterocycles. The number of aryl methyl sites for hydroxylation is 1. The van der Waals surface area contributed by atoms with Crippen LogP contribution in [-0.4, -0.2) is 43.6 Å². The molecule has 7 nitrogen and oxygen atoms in total. The van der Waals surface area contributed by atoms with E-state index in [1.54, 1.807) is 18.1 Å². The Hall–Kier alpha value is -3.48. The van der Waals surface area contributed by atoms with Crippen molar-refractivity contribution in [2.75, 3.05) is 31.7 Å². The van der Waals surface area contributed by atoms with E-state index in [1.807, 2.05) is 43.3 Å². The molecule has 0 spiro atoms. The molecule has 0 atom stereocenters. The molecule has 4 rings (SSSR count). The van der Waals surface area contributed by atoms with Crippen LogP contribution in [0.25, 0.3) is 10.9 Å². The van der Waals surface area contributed by atoms with Crippen molar-refractivity contribution in [2.45, 2.75) is 6.92 Å². The summed E-state index contributed by atoms with van der Waals surface area (Å²) in [5.41, 5.74) is 3.09. The first-order valence-electron chi connectivity index (χ1n) is 9.05. The number of ether oxygens (including phenoxy) is 2. The maximum atomic E-state index is 12.6. The molecule has 1 aromatic heterocycles. The highest BCUT2D eigenvalue weighted by Gasteiger charge is 2.24. The van der Waals surface area contributed by atoms with Gasteiger partial charge in [-0.3, -0.25) is 9.59 Å². The number of carbonyl (C=O) groups is 2. The molecule has 1 aliphatic rings. The number of hydrogen-bond donors (Lipinski definition) is 2. The Morgan fingerprint density at radius 3 is 2.93 bits per heavy atom. The van der Waals surface area contributed by atoms with Gasteiger partial charge >= 0.3 is 0 Å². The fourth-order valence-corrected chi connectivity index (χ4v) is 3.41. The second kappa shape index (κ2) is 7.26. The number of H-pyrrole nitrogens is 1. The standard InChI is InChI=1S/C21H21N3O4/c1-13-7-8-17(27-2)14-11-15(23-20(13)14)21(26)22-9-10-24-16-5-3-4-6-18(16)28-12-19(24)25/h3-8,11,23H,9-10,12H2,1-2H3,(H,22,26). The largest absolute Gasteiger partial charge is 0.496 e. The number of nitrogens with one attached hydrogen (secondary N) is 2. The first-order chi connectivity index (χ1) is 13.6. The number of methoxy groups -OCH3 is 1. The summed E-state index contributed by atoms with van der Waals surface area (Å²) in [4.78, 5) is 29.6. The van der Waals surface area contributed by atoms with Crippen molar-refractivity contribution in [3.63, 3.8) is 0 Å². The number of benzene rings is 2. The molecule has 2 aromatic carbocycles. The van der Waals surface area contributed by atoms with E-state index in [1.165, 1.54) is 0 Å². The topological polar surface area (TPSA) is 83.7 Å². The van der Waals surface area contributed by atoms with Crippen LogP contribution in [0.1, 0.15) is 16.1 Å². The lowest BCUT2D eigenvalue weighted by Gasteiger charge is -2.29. The average molecular weight is 379 g/mol. The minimum atomic E-state index is -0.230. The zero-order chi connectivity index (χ0) is 19.7. The molecule has 0 radical (unpaired) electrons. The molecule has 3 aromatic rings. The summed E-state index contributed by atoms with van der Waals surface area (Å²) in [6.45, 7) is 2.67. The average Bonchev–Trinajstić information content (AvgIpc) is 3.16. The summed E-state index contributed by atoms with van der Waals surface area (Å²) in [6, 6.07) is 13.0. The predicted molar refractivity (Wildman–Crippen MR) is 106 cm³/mol. The second-order valence-electron chi connectivity index (χ2n) is 6.61. The molecule has 2 N–H and O–H groups in total. The summed E-state index contributed by atoms with van der Waals surface area (Å²) in [5, 5.41) is 3.74. The molecule has 0 unspecified atom stereocenters. The fraction of sp³-hybridized carbons (Fsp3) is 0.238. The van der Waals surface area contributed by atoms with Gasteiger partial charge < -0.3 is 24.7 Å². The third kappa shape index (κ3) is 3.15. The SMILES string of the molecule is COc1ccc(C)c2[nH]c(C(=O)NCCN3C(=O)COc4ccccc43)cc12. The van der Waals surface area contributed by atoms with Gasteiger partial charge in [0.05, 0.1) is 18.3 Å². The van der Waals surface area contributed by atoms with Crippen molar-refractivity contribution in [1.29, 1.82) is 0 Å². The molecule has 0 aliphatic carbocycles. The van der Waals surface area contributed by atoms with Crippen LogP contribution in [0.15, 0.2) is 42.5 Å². The number of rotatable bonds is 5. The first kappa shape index (κ1) is 17.9. The molecule has 0 fully saturated rings. The monoisotopic (exact) mass is 379 g/mol. The van der Waals surface area contributed by atoms with Crippen LogP contribution in [0.3, 0.4) is 0 Å². The molecule has 2 amide bonds. The summed E-state index contributed by atoms with van der Waals surface area (Å²) in [7, 11) is 1.61. The summed E-state index contributed by atoms with van der Waals surface area (Å²) < 4.78 is 10.8. The van der Waals surface area contributed by atoms with E-state index in [4.69, 9.17) is 9.47 Å². The van der Waals surface area contributed by atoms with Crippen molar-refractivity contribution in [3.8, 4) is 11.5 Å². The number of carbonyl (C=O) groups excluding carboxylic acids is 2. The molecule has 1 aliphatic heterocycles. The summed E-state index contributed by atoms with van der Waals surface area (Å²) in [5.74, 6) is 1.03. The third-order valence-corrected chi connectivity index (χ3v) is 4.86. The van der Waals surface area contributed by atoms with Crippen molar-refractivity contribution in [2.24, 2.45) is 0 Å². The first-order valence-corrected chi connectivity index (χ1v) is 9.05. The summed E-state index contributed by atoms with van der Waals surface area (Å²) in [6.07, 6.45) is 0. The van der Waals surface area contributed by atoms with E-state index in [0.29, 0.717) is 30.3 Å². The van der Waals surface area contributed by atoms with Crippen molar-refractivity contribution in [3.05, 3.63) is 53.7 Å². The molecular formula is C21H21N3O4. The van der Waals surface area contributed by atoms with Gasteiger partial charge in [0.1, 0.15) is 17.2 Å². The number of para-hydroxylation sites is 2. The lowest BCUT2D eigenvalue weighted by Crippen LogP contribution is -2.43. The van der Waals surface area contributed by atoms with E-state index in [0.717, 1.165) is 22.2 Å². The van der Waals surface area contributed by atoms with Gasteiger partial charge in [0.25, 0.3) is 11.8 Å². The van der Waals surface area contributed by atoms with Crippen LogP contribution >= 0.6 is 0 Å². The number of amides is 2. The normalized spacial score (nSPS) is 13.2. The molecule has 28 heavy (non-hydrogen) atoms. The second-order valence-corrected chi connectivity index (χ2v) is 6.61. The minimum absolute atomic E-state index is 0.00600. The fourth-order valence-electron chi connectivity index (χ4n) is 3.41. The number of anilines is 1. The van der Waals surface area contributed by atoms with Gasteiger partial charge in [-0.15, -0.1) is 0 Å². The molecule has 144 valence electrons. The van der Waals surface area contributed by atoms with Gasteiger partial charge in [-0.05, 0) is 36.8 Å². The predicted octanol–water partition coefficient (Wildman–Crippen LogP) is 2.64. The quantitative estimate of drug-likeness (QED) is 0.714. The Morgan fingerprint density at radius 2 is 2.11 bits per heavy atom. The lowest BCUT2D eigenvalue weighted by atomic mass is 10.1. The van der Waals surface area contributed by atoms with E-state index in [-0.39, 0.29) is 18.4 Å². The maximum absolute atomic E-state index is 12.6. The Labute approximate surface area is 162 Å². The number of hydrogen-bond acceptors (Lipinski definition) is 4.